The number of carboxylic acids is 1. The third kappa shape index (κ3) is 2.90. The second-order valence-corrected chi connectivity index (χ2v) is 4.91. The summed E-state index contributed by atoms with van der Waals surface area (Å²) >= 11 is 0. The number of anilines is 1. The van der Waals surface area contributed by atoms with Crippen LogP contribution in [0.3, 0.4) is 0 Å². The molecule has 0 aliphatic heterocycles. The van der Waals surface area contributed by atoms with Gasteiger partial charge in [0.05, 0.1) is 11.2 Å². The second-order valence-electron chi connectivity index (χ2n) is 4.91. The lowest BCUT2D eigenvalue weighted by molar-refractivity contribution is 0.0697. The van der Waals surface area contributed by atoms with E-state index in [9.17, 15) is 9.90 Å². The van der Waals surface area contributed by atoms with Crippen LogP contribution in [-0.4, -0.2) is 22.1 Å². The Kier molecular flexibility index (Phi) is 4.56. The number of benzene rings is 1. The number of nitrogens with one attached hydrogen (secondary N) is 1. The minimum Gasteiger partial charge on any atom is -0.478 e. The van der Waals surface area contributed by atoms with E-state index in [1.165, 1.54) is 6.20 Å². The van der Waals surface area contributed by atoms with Crippen molar-refractivity contribution in [2.45, 2.75) is 39.2 Å². The van der Waals surface area contributed by atoms with E-state index < -0.39 is 5.97 Å². The van der Waals surface area contributed by atoms with Gasteiger partial charge in [-0.25, -0.2) is 4.79 Å². The maximum absolute atomic E-state index is 11.4. The first-order valence-electron chi connectivity index (χ1n) is 7.04. The van der Waals surface area contributed by atoms with Gasteiger partial charge in [0, 0.05) is 17.6 Å². The number of fused-ring (bicyclic) bond motifs is 1. The zero-order chi connectivity index (χ0) is 14.5. The Balaban J connectivity index is 2.51. The van der Waals surface area contributed by atoms with Crippen LogP contribution in [0.25, 0.3) is 10.9 Å². The molecule has 0 bridgehead atoms. The van der Waals surface area contributed by atoms with Crippen molar-refractivity contribution in [1.29, 1.82) is 0 Å². The molecule has 2 aromatic rings. The summed E-state index contributed by atoms with van der Waals surface area (Å²) in [5, 5.41) is 13.6. The Hall–Kier alpha value is -2.10. The van der Waals surface area contributed by atoms with Crippen LogP contribution in [0.4, 0.5) is 5.69 Å². The first-order valence-corrected chi connectivity index (χ1v) is 7.04. The summed E-state index contributed by atoms with van der Waals surface area (Å²) in [7, 11) is 0. The fourth-order valence-corrected chi connectivity index (χ4v) is 2.39. The first kappa shape index (κ1) is 14.3. The fourth-order valence-electron chi connectivity index (χ4n) is 2.39. The Labute approximate surface area is 118 Å². The van der Waals surface area contributed by atoms with Crippen molar-refractivity contribution in [3.63, 3.8) is 0 Å². The Bertz CT molecular complexity index is 610. The average Bonchev–Trinajstić information content (AvgIpc) is 2.46. The SMILES string of the molecule is CCCC(CC)Nc1c(C(=O)O)cnc2ccccc12. The third-order valence-corrected chi connectivity index (χ3v) is 3.48. The number of aromatic nitrogens is 1. The van der Waals surface area contributed by atoms with Gasteiger partial charge in [0.2, 0.25) is 0 Å². The van der Waals surface area contributed by atoms with Crippen molar-refractivity contribution in [3.8, 4) is 0 Å². The number of pyridine rings is 1. The summed E-state index contributed by atoms with van der Waals surface area (Å²) in [4.78, 5) is 15.6. The van der Waals surface area contributed by atoms with Gasteiger partial charge < -0.3 is 10.4 Å². The molecule has 1 unspecified atom stereocenters. The number of rotatable bonds is 6. The minimum absolute atomic E-state index is 0.234. The largest absolute Gasteiger partial charge is 0.478 e. The molecule has 2 N–H and O–H groups in total. The molecule has 106 valence electrons. The molecule has 0 radical (unpaired) electrons. The minimum atomic E-state index is -0.947. The lowest BCUT2D eigenvalue weighted by atomic mass is 10.1. The van der Waals surface area contributed by atoms with Crippen LogP contribution in [0.5, 0.6) is 0 Å². The summed E-state index contributed by atoms with van der Waals surface area (Å²) < 4.78 is 0. The predicted molar refractivity (Wildman–Crippen MR) is 81.3 cm³/mol. The Morgan fingerprint density at radius 3 is 2.75 bits per heavy atom. The molecule has 2 rings (SSSR count). The van der Waals surface area contributed by atoms with Crippen molar-refractivity contribution in [1.82, 2.24) is 4.98 Å². The number of hydrogen-bond acceptors (Lipinski definition) is 3. The van der Waals surface area contributed by atoms with E-state index in [1.54, 1.807) is 0 Å². The maximum Gasteiger partial charge on any atom is 0.339 e. The molecule has 0 saturated heterocycles. The molecule has 1 aromatic carbocycles. The van der Waals surface area contributed by atoms with E-state index in [1.807, 2.05) is 24.3 Å². The smallest absolute Gasteiger partial charge is 0.339 e. The molecule has 1 heterocycles. The molecular weight excluding hydrogens is 252 g/mol. The zero-order valence-electron chi connectivity index (χ0n) is 11.9. The zero-order valence-corrected chi connectivity index (χ0v) is 11.9. The van der Waals surface area contributed by atoms with Crippen molar-refractivity contribution in [2.75, 3.05) is 5.32 Å². The van der Waals surface area contributed by atoms with E-state index in [0.29, 0.717) is 5.69 Å². The Morgan fingerprint density at radius 2 is 2.10 bits per heavy atom. The van der Waals surface area contributed by atoms with E-state index in [0.717, 1.165) is 30.2 Å². The van der Waals surface area contributed by atoms with E-state index in [4.69, 9.17) is 0 Å². The van der Waals surface area contributed by atoms with Crippen molar-refractivity contribution >= 4 is 22.6 Å². The van der Waals surface area contributed by atoms with Gasteiger partial charge in [0.15, 0.2) is 0 Å². The molecule has 0 spiro atoms. The molecule has 4 heteroatoms. The standard InChI is InChI=1S/C16H20N2O2/c1-3-7-11(4-2)18-15-12-8-5-6-9-14(12)17-10-13(15)16(19)20/h5-6,8-11H,3-4,7H2,1-2H3,(H,17,18)(H,19,20). The third-order valence-electron chi connectivity index (χ3n) is 3.48. The molecule has 20 heavy (non-hydrogen) atoms. The van der Waals surface area contributed by atoms with Gasteiger partial charge in [-0.2, -0.15) is 0 Å². The van der Waals surface area contributed by atoms with Crippen molar-refractivity contribution in [3.05, 3.63) is 36.0 Å². The van der Waals surface area contributed by atoms with E-state index in [-0.39, 0.29) is 11.6 Å². The number of nitrogens with zero attached hydrogens (tertiary/aromatic N) is 1. The molecule has 0 aliphatic rings. The number of para-hydroxylation sites is 1. The number of carbonyl (C=O) groups is 1. The lowest BCUT2D eigenvalue weighted by Gasteiger charge is -2.20. The topological polar surface area (TPSA) is 62.2 Å². The van der Waals surface area contributed by atoms with Gasteiger partial charge in [0.25, 0.3) is 0 Å². The van der Waals surface area contributed by atoms with Crippen LogP contribution >= 0.6 is 0 Å². The lowest BCUT2D eigenvalue weighted by Crippen LogP contribution is -2.20. The molecule has 1 aromatic heterocycles. The average molecular weight is 272 g/mol. The molecule has 4 nitrogen and oxygen atoms in total. The molecule has 0 amide bonds. The highest BCUT2D eigenvalue weighted by molar-refractivity contribution is 6.04. The molecule has 0 aliphatic carbocycles. The van der Waals surface area contributed by atoms with Crippen LogP contribution < -0.4 is 5.32 Å². The van der Waals surface area contributed by atoms with Crippen LogP contribution in [-0.2, 0) is 0 Å². The summed E-state index contributed by atoms with van der Waals surface area (Å²) in [5.74, 6) is -0.947. The van der Waals surface area contributed by atoms with Gasteiger partial charge in [-0.3, -0.25) is 4.98 Å². The van der Waals surface area contributed by atoms with Crippen LogP contribution in [0.2, 0.25) is 0 Å². The normalized spacial score (nSPS) is 12.3. The van der Waals surface area contributed by atoms with Gasteiger partial charge >= 0.3 is 5.97 Å². The summed E-state index contributed by atoms with van der Waals surface area (Å²) in [6, 6.07) is 7.90. The molecular formula is C16H20N2O2. The highest BCUT2D eigenvalue weighted by Gasteiger charge is 2.16. The van der Waals surface area contributed by atoms with Crippen LogP contribution in [0, 0.1) is 0 Å². The fraction of sp³-hybridized carbons (Fsp3) is 0.375. The highest BCUT2D eigenvalue weighted by atomic mass is 16.4. The number of aromatic carboxylic acids is 1. The van der Waals surface area contributed by atoms with Crippen LogP contribution in [0.15, 0.2) is 30.5 Å². The summed E-state index contributed by atoms with van der Waals surface area (Å²) in [5.41, 5.74) is 1.73. The van der Waals surface area contributed by atoms with Crippen molar-refractivity contribution < 1.29 is 9.90 Å². The van der Waals surface area contributed by atoms with Gasteiger partial charge in [-0.15, -0.1) is 0 Å². The summed E-state index contributed by atoms with van der Waals surface area (Å²) in [6.07, 6.45) is 4.48. The first-order chi connectivity index (χ1) is 9.67. The number of hydrogen-bond donors (Lipinski definition) is 2. The monoisotopic (exact) mass is 272 g/mol. The predicted octanol–water partition coefficient (Wildman–Crippen LogP) is 3.92. The van der Waals surface area contributed by atoms with Gasteiger partial charge in [0.1, 0.15) is 5.56 Å². The molecule has 0 fully saturated rings. The maximum atomic E-state index is 11.4. The van der Waals surface area contributed by atoms with E-state index >= 15 is 0 Å². The molecule has 0 saturated carbocycles. The molecule has 1 atom stereocenters. The summed E-state index contributed by atoms with van der Waals surface area (Å²) in [6.45, 7) is 4.24. The van der Waals surface area contributed by atoms with Gasteiger partial charge in [-0.05, 0) is 18.9 Å². The van der Waals surface area contributed by atoms with Gasteiger partial charge in [-0.1, -0.05) is 38.5 Å². The van der Waals surface area contributed by atoms with E-state index in [2.05, 4.69) is 24.1 Å². The number of carboxylic acid groups (broad SMARTS) is 1. The highest BCUT2D eigenvalue weighted by Crippen LogP contribution is 2.27. The second kappa shape index (κ2) is 6.37. The van der Waals surface area contributed by atoms with Crippen LogP contribution in [0.1, 0.15) is 43.5 Å². The quantitative estimate of drug-likeness (QED) is 0.836. The Morgan fingerprint density at radius 1 is 1.35 bits per heavy atom. The van der Waals surface area contributed by atoms with Crippen molar-refractivity contribution in [2.24, 2.45) is 0 Å².